The van der Waals surface area contributed by atoms with Crippen LogP contribution in [0.3, 0.4) is 0 Å². The van der Waals surface area contributed by atoms with Gasteiger partial charge in [0.1, 0.15) is 5.75 Å². The summed E-state index contributed by atoms with van der Waals surface area (Å²) in [6.45, 7) is 10.8. The summed E-state index contributed by atoms with van der Waals surface area (Å²) >= 11 is 0. The molecule has 0 saturated carbocycles. The summed E-state index contributed by atoms with van der Waals surface area (Å²) in [7, 11) is -1.02. The third-order valence-corrected chi connectivity index (χ3v) is 10.5. The van der Waals surface area contributed by atoms with Crippen molar-refractivity contribution in [1.82, 2.24) is 5.32 Å². The number of hydrogen-bond acceptors (Lipinski definition) is 6. The van der Waals surface area contributed by atoms with Crippen LogP contribution in [0.25, 0.3) is 0 Å². The third kappa shape index (κ3) is 7.94. The van der Waals surface area contributed by atoms with Crippen LogP contribution in [0.1, 0.15) is 55.4 Å². The molecule has 0 amide bonds. The summed E-state index contributed by atoms with van der Waals surface area (Å²) in [5.74, 6) is -0.0349. The summed E-state index contributed by atoms with van der Waals surface area (Å²) in [6, 6.07) is 13.7. The van der Waals surface area contributed by atoms with E-state index in [2.05, 4.69) is 26.1 Å². The van der Waals surface area contributed by atoms with Crippen LogP contribution in [0.5, 0.6) is 5.75 Å². The van der Waals surface area contributed by atoms with Gasteiger partial charge in [-0.15, -0.1) is 0 Å². The quantitative estimate of drug-likeness (QED) is 0.264. The van der Waals surface area contributed by atoms with Crippen molar-refractivity contribution in [2.24, 2.45) is 0 Å². The predicted octanol–water partition coefficient (Wildman–Crippen LogP) is 4.27. The van der Waals surface area contributed by atoms with E-state index in [9.17, 15) is 19.8 Å². The van der Waals surface area contributed by atoms with Gasteiger partial charge >= 0.3 is 5.97 Å². The first-order chi connectivity index (χ1) is 15.9. The van der Waals surface area contributed by atoms with Crippen molar-refractivity contribution in [2.75, 3.05) is 13.7 Å². The maximum Gasteiger partial charge on any atom is 0.309 e. The van der Waals surface area contributed by atoms with Gasteiger partial charge in [-0.25, -0.2) is 0 Å². The average molecular weight is 488 g/mol. The van der Waals surface area contributed by atoms with Crippen LogP contribution in [0.4, 0.5) is 0 Å². The van der Waals surface area contributed by atoms with Gasteiger partial charge in [0.15, 0.2) is 8.32 Å². The molecule has 34 heavy (non-hydrogen) atoms. The van der Waals surface area contributed by atoms with Crippen LogP contribution in [-0.4, -0.2) is 49.0 Å². The summed E-state index contributed by atoms with van der Waals surface area (Å²) < 4.78 is 4.73. The van der Waals surface area contributed by atoms with E-state index in [0.717, 1.165) is 24.0 Å². The highest BCUT2D eigenvalue weighted by molar-refractivity contribution is 6.72. The van der Waals surface area contributed by atoms with Crippen molar-refractivity contribution in [1.29, 1.82) is 0 Å². The number of hydrogen-bond donors (Lipinski definition) is 4. The number of aromatic hydroxyl groups is 1. The molecule has 0 aliphatic carbocycles. The van der Waals surface area contributed by atoms with Crippen molar-refractivity contribution in [3.05, 3.63) is 64.7 Å². The Labute approximate surface area is 205 Å². The first-order valence-corrected chi connectivity index (χ1v) is 14.8. The SMILES string of the molecule is COC(=O)Cc1ccc(CC(C)NC[C@H](CC(C)(C)[Si](C)(C)O)c2ccc(O)c(CO)c2)cc1. The first-order valence-electron chi connectivity index (χ1n) is 11.9. The number of esters is 1. The first kappa shape index (κ1) is 28.0. The van der Waals surface area contributed by atoms with Crippen molar-refractivity contribution < 1.29 is 24.5 Å². The van der Waals surface area contributed by atoms with Gasteiger partial charge in [-0.2, -0.15) is 0 Å². The minimum Gasteiger partial charge on any atom is -0.508 e. The zero-order valence-electron chi connectivity index (χ0n) is 21.4. The van der Waals surface area contributed by atoms with Crippen molar-refractivity contribution in [2.45, 2.75) is 76.7 Å². The molecule has 2 aromatic carbocycles. The molecule has 1 unspecified atom stereocenters. The molecule has 0 aromatic heterocycles. The second-order valence-electron chi connectivity index (χ2n) is 10.5. The van der Waals surface area contributed by atoms with Gasteiger partial charge in [-0.1, -0.05) is 44.2 Å². The van der Waals surface area contributed by atoms with E-state index in [0.29, 0.717) is 12.1 Å². The molecule has 0 aliphatic rings. The molecule has 0 aliphatic heterocycles. The van der Waals surface area contributed by atoms with Crippen molar-refractivity contribution in [3.8, 4) is 5.75 Å². The fourth-order valence-corrected chi connectivity index (χ4v) is 4.71. The standard InChI is InChI=1S/C27H41NO5Si/c1-19(13-20-7-9-21(10-8-20)14-26(31)33-4)28-17-24(16-27(2,3)34(5,6)32)22-11-12-25(30)23(15-22)18-29/h7-12,15,19,24,28-30,32H,13-14,16-18H2,1-6H3/t19?,24-/m0/s1. The highest BCUT2D eigenvalue weighted by Crippen LogP contribution is 2.44. The van der Waals surface area contributed by atoms with Gasteiger partial charge in [0.2, 0.25) is 0 Å². The van der Waals surface area contributed by atoms with Crippen LogP contribution >= 0.6 is 0 Å². The minimum absolute atomic E-state index is 0.0955. The van der Waals surface area contributed by atoms with Gasteiger partial charge in [0, 0.05) is 18.2 Å². The van der Waals surface area contributed by atoms with Gasteiger partial charge in [0.05, 0.1) is 20.1 Å². The fraction of sp³-hybridized carbons (Fsp3) is 0.519. The molecule has 188 valence electrons. The van der Waals surface area contributed by atoms with Crippen LogP contribution in [0.15, 0.2) is 42.5 Å². The Bertz CT molecular complexity index is 937. The molecule has 7 heteroatoms. The molecule has 6 nitrogen and oxygen atoms in total. The maximum atomic E-state index is 11.5. The maximum absolute atomic E-state index is 11.5. The van der Waals surface area contributed by atoms with Crippen LogP contribution in [0.2, 0.25) is 18.1 Å². The Morgan fingerprint density at radius 1 is 1.12 bits per heavy atom. The van der Waals surface area contributed by atoms with Crippen LogP contribution in [0, 0.1) is 0 Å². The number of carbonyl (C=O) groups is 1. The Hall–Kier alpha value is -2.19. The Morgan fingerprint density at radius 2 is 1.74 bits per heavy atom. The zero-order chi connectivity index (χ0) is 25.5. The van der Waals surface area contributed by atoms with E-state index in [1.165, 1.54) is 12.7 Å². The molecule has 0 spiro atoms. The summed E-state index contributed by atoms with van der Waals surface area (Å²) in [6.07, 6.45) is 1.90. The largest absolute Gasteiger partial charge is 0.508 e. The van der Waals surface area contributed by atoms with E-state index < -0.39 is 8.32 Å². The van der Waals surface area contributed by atoms with Gasteiger partial charge in [-0.05, 0) is 72.6 Å². The number of ether oxygens (including phenoxy) is 1. The van der Waals surface area contributed by atoms with Crippen LogP contribution in [-0.2, 0) is 29.0 Å². The molecule has 0 heterocycles. The molecule has 2 rings (SSSR count). The fourth-order valence-electron chi connectivity index (χ4n) is 3.96. The number of methoxy groups -OCH3 is 1. The van der Waals surface area contributed by atoms with E-state index in [-0.39, 0.29) is 41.7 Å². The number of nitrogens with one attached hydrogen (secondary N) is 1. The summed E-state index contributed by atoms with van der Waals surface area (Å²) in [5.41, 5.74) is 3.67. The highest BCUT2D eigenvalue weighted by atomic mass is 28.4. The summed E-state index contributed by atoms with van der Waals surface area (Å²) in [4.78, 5) is 22.3. The lowest BCUT2D eigenvalue weighted by Crippen LogP contribution is -2.41. The molecule has 0 radical (unpaired) electrons. The Kier molecular flexibility index (Phi) is 9.88. The highest BCUT2D eigenvalue weighted by Gasteiger charge is 2.40. The zero-order valence-corrected chi connectivity index (χ0v) is 22.4. The van der Waals surface area contributed by atoms with E-state index in [1.54, 1.807) is 6.07 Å². The number of aliphatic hydroxyl groups excluding tert-OH is 1. The Balaban J connectivity index is 2.11. The second-order valence-corrected chi connectivity index (χ2v) is 14.9. The summed E-state index contributed by atoms with van der Waals surface area (Å²) in [5, 5.41) is 23.1. The Morgan fingerprint density at radius 3 is 2.29 bits per heavy atom. The molecule has 0 saturated heterocycles. The molecule has 2 atom stereocenters. The minimum atomic E-state index is -2.41. The van der Waals surface area contributed by atoms with Crippen molar-refractivity contribution >= 4 is 14.3 Å². The molecular weight excluding hydrogens is 446 g/mol. The van der Waals surface area contributed by atoms with Gasteiger partial charge in [0.25, 0.3) is 0 Å². The lowest BCUT2D eigenvalue weighted by molar-refractivity contribution is -0.139. The van der Waals surface area contributed by atoms with Crippen LogP contribution < -0.4 is 5.32 Å². The number of benzene rings is 2. The molecule has 4 N–H and O–H groups in total. The lowest BCUT2D eigenvalue weighted by Gasteiger charge is -2.38. The second kappa shape index (κ2) is 12.0. The molecule has 0 bridgehead atoms. The average Bonchev–Trinajstić information content (AvgIpc) is 2.77. The normalized spacial score (nSPS) is 14.0. The van der Waals surface area contributed by atoms with Crippen molar-refractivity contribution in [3.63, 3.8) is 0 Å². The number of carbonyl (C=O) groups excluding carboxylic acids is 1. The van der Waals surface area contributed by atoms with Gasteiger partial charge in [-0.3, -0.25) is 4.79 Å². The topological polar surface area (TPSA) is 99.0 Å². The number of rotatable bonds is 12. The third-order valence-electron chi connectivity index (χ3n) is 7.01. The van der Waals surface area contributed by atoms with Gasteiger partial charge < -0.3 is 25.1 Å². The number of aliphatic hydroxyl groups is 1. The lowest BCUT2D eigenvalue weighted by atomic mass is 9.88. The molecule has 2 aromatic rings. The van der Waals surface area contributed by atoms with E-state index in [1.807, 2.05) is 49.5 Å². The molecular formula is C27H41NO5Si. The monoisotopic (exact) mass is 487 g/mol. The smallest absolute Gasteiger partial charge is 0.309 e. The number of phenols is 1. The van der Waals surface area contributed by atoms with E-state index in [4.69, 9.17) is 4.74 Å². The van der Waals surface area contributed by atoms with E-state index >= 15 is 0 Å². The predicted molar refractivity (Wildman–Crippen MR) is 138 cm³/mol. The molecule has 0 fully saturated rings.